The Bertz CT molecular complexity index is 486. The molecular weight excluding hydrogens is 316 g/mol. The first-order valence-corrected chi connectivity index (χ1v) is 8.39. The van der Waals surface area contributed by atoms with Crippen molar-refractivity contribution in [2.45, 2.75) is 62.8 Å². The summed E-state index contributed by atoms with van der Waals surface area (Å²) in [5, 5.41) is 26.7. The molecule has 24 heavy (non-hydrogen) atoms. The third kappa shape index (κ3) is 4.81. The fourth-order valence-electron chi connectivity index (χ4n) is 3.61. The van der Waals surface area contributed by atoms with Gasteiger partial charge in [-0.05, 0) is 44.4 Å². The van der Waals surface area contributed by atoms with Crippen LogP contribution in [0.25, 0.3) is 0 Å². The number of nitrogens with two attached hydrogens (primary N) is 1. The van der Waals surface area contributed by atoms with E-state index in [0.717, 1.165) is 19.3 Å². The van der Waals surface area contributed by atoms with Crippen molar-refractivity contribution >= 4 is 17.9 Å². The molecule has 0 radical (unpaired) electrons. The van der Waals surface area contributed by atoms with E-state index in [2.05, 4.69) is 16.0 Å². The molecule has 3 amide bonds. The van der Waals surface area contributed by atoms with Gasteiger partial charge in [0.05, 0.1) is 12.1 Å². The summed E-state index contributed by atoms with van der Waals surface area (Å²) in [5.74, 6) is -0.790. The maximum absolute atomic E-state index is 12.4. The quantitative estimate of drug-likeness (QED) is 0.292. The highest BCUT2D eigenvalue weighted by atomic mass is 16.4. The zero-order valence-electron chi connectivity index (χ0n) is 13.5. The zero-order chi connectivity index (χ0) is 17.7. The van der Waals surface area contributed by atoms with Gasteiger partial charge in [-0.15, -0.1) is 0 Å². The van der Waals surface area contributed by atoms with Crippen LogP contribution in [0.5, 0.6) is 0 Å². The number of nitrogens with one attached hydrogen (secondary N) is 3. The fraction of sp³-hybridized carbons (Fsp3) is 0.800. The Morgan fingerprint density at radius 2 is 2.00 bits per heavy atom. The number of hydrogen-bond acceptors (Lipinski definition) is 5. The van der Waals surface area contributed by atoms with Crippen molar-refractivity contribution in [3.8, 4) is 0 Å². The van der Waals surface area contributed by atoms with Gasteiger partial charge in [0.15, 0.2) is 6.10 Å². The molecule has 7 N–H and O–H groups in total. The second-order valence-electron chi connectivity index (χ2n) is 6.60. The van der Waals surface area contributed by atoms with Crippen molar-refractivity contribution in [2.75, 3.05) is 6.54 Å². The zero-order valence-corrected chi connectivity index (χ0v) is 13.5. The van der Waals surface area contributed by atoms with Gasteiger partial charge in [0.25, 0.3) is 0 Å². The Labute approximate surface area is 140 Å². The summed E-state index contributed by atoms with van der Waals surface area (Å²) in [6, 6.07) is -0.659. The topological polar surface area (TPSA) is 154 Å². The minimum Gasteiger partial charge on any atom is -0.465 e. The maximum atomic E-state index is 12.4. The van der Waals surface area contributed by atoms with E-state index in [0.29, 0.717) is 31.2 Å². The molecule has 9 nitrogen and oxygen atoms in total. The van der Waals surface area contributed by atoms with E-state index in [9.17, 15) is 19.5 Å². The summed E-state index contributed by atoms with van der Waals surface area (Å²) < 4.78 is 0. The highest BCUT2D eigenvalue weighted by Crippen LogP contribution is 2.35. The fourth-order valence-corrected chi connectivity index (χ4v) is 3.61. The SMILES string of the molecule is NC(=O)C(O)C(CCCCNC(=O)O)NC(=O)[C@H]1NC2CCC1C2. The van der Waals surface area contributed by atoms with Crippen LogP contribution in [-0.4, -0.2) is 58.9 Å². The molecule has 1 aliphatic heterocycles. The summed E-state index contributed by atoms with van der Waals surface area (Å²) in [5.41, 5.74) is 5.15. The van der Waals surface area contributed by atoms with Gasteiger partial charge in [0.2, 0.25) is 11.8 Å². The van der Waals surface area contributed by atoms with Crippen molar-refractivity contribution in [1.82, 2.24) is 16.0 Å². The van der Waals surface area contributed by atoms with Crippen molar-refractivity contribution < 1.29 is 24.6 Å². The monoisotopic (exact) mass is 342 g/mol. The number of carboxylic acid groups (broad SMARTS) is 1. The summed E-state index contributed by atoms with van der Waals surface area (Å²) >= 11 is 0. The lowest BCUT2D eigenvalue weighted by molar-refractivity contribution is -0.130. The second kappa shape index (κ2) is 8.29. The summed E-state index contributed by atoms with van der Waals surface area (Å²) in [6.45, 7) is 0.274. The first-order chi connectivity index (χ1) is 11.4. The van der Waals surface area contributed by atoms with Crippen molar-refractivity contribution in [2.24, 2.45) is 11.7 Å². The van der Waals surface area contributed by atoms with Crippen LogP contribution >= 0.6 is 0 Å². The van der Waals surface area contributed by atoms with Gasteiger partial charge in [0, 0.05) is 12.6 Å². The third-order valence-electron chi connectivity index (χ3n) is 4.86. The summed E-state index contributed by atoms with van der Waals surface area (Å²) in [6.07, 6.45) is 1.95. The number of primary amides is 1. The highest BCUT2D eigenvalue weighted by Gasteiger charge is 2.43. The molecule has 1 heterocycles. The molecule has 0 aromatic heterocycles. The highest BCUT2D eigenvalue weighted by molar-refractivity contribution is 5.85. The van der Waals surface area contributed by atoms with E-state index >= 15 is 0 Å². The van der Waals surface area contributed by atoms with Gasteiger partial charge in [-0.25, -0.2) is 4.79 Å². The lowest BCUT2D eigenvalue weighted by Crippen LogP contribution is -2.55. The minimum absolute atomic E-state index is 0.212. The Balaban J connectivity index is 1.82. The van der Waals surface area contributed by atoms with Crippen LogP contribution in [-0.2, 0) is 9.59 Å². The van der Waals surface area contributed by atoms with Crippen LogP contribution in [0, 0.1) is 5.92 Å². The summed E-state index contributed by atoms with van der Waals surface area (Å²) in [4.78, 5) is 34.1. The predicted octanol–water partition coefficient (Wildman–Crippen LogP) is -1.10. The van der Waals surface area contributed by atoms with Gasteiger partial charge in [0.1, 0.15) is 0 Å². The van der Waals surface area contributed by atoms with Crippen LogP contribution in [0.4, 0.5) is 4.79 Å². The molecule has 1 saturated heterocycles. The molecule has 2 rings (SSSR count). The lowest BCUT2D eigenvalue weighted by atomic mass is 9.97. The Morgan fingerprint density at radius 1 is 1.25 bits per heavy atom. The van der Waals surface area contributed by atoms with E-state index in [-0.39, 0.29) is 18.5 Å². The maximum Gasteiger partial charge on any atom is 0.404 e. The molecule has 5 atom stereocenters. The molecule has 1 saturated carbocycles. The molecule has 136 valence electrons. The van der Waals surface area contributed by atoms with Gasteiger partial charge >= 0.3 is 6.09 Å². The van der Waals surface area contributed by atoms with E-state index in [1.54, 1.807) is 0 Å². The lowest BCUT2D eigenvalue weighted by Gasteiger charge is -2.27. The first kappa shape index (κ1) is 18.5. The van der Waals surface area contributed by atoms with Gasteiger partial charge < -0.3 is 31.9 Å². The van der Waals surface area contributed by atoms with Gasteiger partial charge in [-0.2, -0.15) is 0 Å². The minimum atomic E-state index is -1.46. The average molecular weight is 342 g/mol. The van der Waals surface area contributed by atoms with Crippen molar-refractivity contribution in [1.29, 1.82) is 0 Å². The predicted molar refractivity (Wildman–Crippen MR) is 85.1 cm³/mol. The number of piperidine rings is 1. The Kier molecular flexibility index (Phi) is 6.38. The Hall–Kier alpha value is -1.87. The molecule has 0 spiro atoms. The van der Waals surface area contributed by atoms with Crippen molar-refractivity contribution in [3.05, 3.63) is 0 Å². The molecule has 4 unspecified atom stereocenters. The number of fused-ring (bicyclic) bond motifs is 2. The number of carbonyl (C=O) groups is 3. The third-order valence-corrected chi connectivity index (χ3v) is 4.86. The van der Waals surface area contributed by atoms with Crippen LogP contribution < -0.4 is 21.7 Å². The number of carbonyl (C=O) groups excluding carboxylic acids is 2. The average Bonchev–Trinajstić information content (AvgIpc) is 3.15. The molecule has 0 aromatic rings. The molecule has 9 heteroatoms. The van der Waals surface area contributed by atoms with E-state index in [1.807, 2.05) is 0 Å². The standard InChI is InChI=1S/C15H26N4O5/c16-13(21)12(20)10(3-1-2-6-17-15(23)24)19-14(22)11-8-4-5-9(7-8)18-11/h8-12,17-18,20H,1-7H2,(H2,16,21)(H,19,22)(H,23,24)/t8?,9?,10?,11-,12?/m0/s1. The Morgan fingerprint density at radius 3 is 2.54 bits per heavy atom. The van der Waals surface area contributed by atoms with Crippen LogP contribution in [0.2, 0.25) is 0 Å². The largest absolute Gasteiger partial charge is 0.465 e. The molecule has 1 aliphatic carbocycles. The molecule has 2 aliphatic rings. The van der Waals surface area contributed by atoms with Crippen LogP contribution in [0.15, 0.2) is 0 Å². The molecule has 0 aromatic carbocycles. The number of hydrogen-bond donors (Lipinski definition) is 6. The number of aliphatic hydroxyl groups is 1. The number of amides is 3. The normalized spacial score (nSPS) is 27.5. The second-order valence-corrected chi connectivity index (χ2v) is 6.60. The van der Waals surface area contributed by atoms with E-state index in [4.69, 9.17) is 10.8 Å². The smallest absolute Gasteiger partial charge is 0.404 e. The molecule has 2 bridgehead atoms. The van der Waals surface area contributed by atoms with E-state index < -0.39 is 24.1 Å². The van der Waals surface area contributed by atoms with Gasteiger partial charge in [-0.1, -0.05) is 0 Å². The number of unbranched alkanes of at least 4 members (excludes halogenated alkanes) is 1. The van der Waals surface area contributed by atoms with Crippen LogP contribution in [0.3, 0.4) is 0 Å². The van der Waals surface area contributed by atoms with Gasteiger partial charge in [-0.3, -0.25) is 9.59 Å². The molecule has 2 fully saturated rings. The molecular formula is C15H26N4O5. The first-order valence-electron chi connectivity index (χ1n) is 8.39. The number of aliphatic hydroxyl groups excluding tert-OH is 1. The summed E-state index contributed by atoms with van der Waals surface area (Å²) in [7, 11) is 0. The van der Waals surface area contributed by atoms with E-state index in [1.165, 1.54) is 0 Å². The van der Waals surface area contributed by atoms with Crippen LogP contribution in [0.1, 0.15) is 38.5 Å². The van der Waals surface area contributed by atoms with Crippen molar-refractivity contribution in [3.63, 3.8) is 0 Å². The number of rotatable bonds is 9.